The highest BCUT2D eigenvalue weighted by Gasteiger charge is 2.19. The van der Waals surface area contributed by atoms with Crippen molar-refractivity contribution in [2.45, 2.75) is 335 Å². The third kappa shape index (κ3) is 59.9. The standard InChI is InChI=1S/C67H120O6/c1-4-7-10-13-16-19-22-25-27-29-31-32-33-34-35-36-37-39-40-42-45-48-51-54-57-60-66(69)72-63-64(62-71-65(68)59-56-53-50-47-44-24-21-18-15-12-9-6-3)73-67(70)61-58-55-52-49-46-43-41-38-30-28-26-23-20-17-14-11-8-5-2/h7,10,16,19,25,27-28,30-32,64H,4-6,8-9,11-15,17-18,20-24,26,29,33-63H2,1-3H3/b10-7-,19-16-,27-25-,30-28-,32-31-. The van der Waals surface area contributed by atoms with Crippen LogP contribution in [0.15, 0.2) is 60.8 Å². The summed E-state index contributed by atoms with van der Waals surface area (Å²) < 4.78 is 16.9. The molecule has 0 radical (unpaired) electrons. The first-order valence-corrected chi connectivity index (χ1v) is 31.8. The van der Waals surface area contributed by atoms with E-state index in [0.717, 1.165) is 83.5 Å². The van der Waals surface area contributed by atoms with Gasteiger partial charge >= 0.3 is 17.9 Å². The first-order chi connectivity index (χ1) is 36.0. The molecule has 0 aromatic heterocycles. The summed E-state index contributed by atoms with van der Waals surface area (Å²) >= 11 is 0. The van der Waals surface area contributed by atoms with Crippen LogP contribution < -0.4 is 0 Å². The first-order valence-electron chi connectivity index (χ1n) is 31.8. The molecule has 0 saturated heterocycles. The Morgan fingerprint density at radius 1 is 0.288 bits per heavy atom. The molecular formula is C67H120O6. The van der Waals surface area contributed by atoms with Gasteiger partial charge in [-0.3, -0.25) is 14.4 Å². The van der Waals surface area contributed by atoms with Gasteiger partial charge < -0.3 is 14.2 Å². The van der Waals surface area contributed by atoms with Crippen molar-refractivity contribution >= 4 is 17.9 Å². The smallest absolute Gasteiger partial charge is 0.306 e. The van der Waals surface area contributed by atoms with E-state index in [1.54, 1.807) is 0 Å². The average molecular weight is 1020 g/mol. The fourth-order valence-electron chi connectivity index (χ4n) is 9.25. The molecule has 0 heterocycles. The number of carbonyl (C=O) groups is 3. The maximum atomic E-state index is 12.9. The molecule has 1 unspecified atom stereocenters. The molecule has 0 fully saturated rings. The number of allylic oxidation sites excluding steroid dienone is 10. The van der Waals surface area contributed by atoms with E-state index in [0.29, 0.717) is 19.3 Å². The molecule has 424 valence electrons. The first kappa shape index (κ1) is 70.1. The molecule has 73 heavy (non-hydrogen) atoms. The predicted molar refractivity (Wildman–Crippen MR) is 316 cm³/mol. The van der Waals surface area contributed by atoms with Crippen molar-refractivity contribution in [3.63, 3.8) is 0 Å². The van der Waals surface area contributed by atoms with E-state index in [4.69, 9.17) is 14.2 Å². The van der Waals surface area contributed by atoms with Gasteiger partial charge in [-0.25, -0.2) is 0 Å². The van der Waals surface area contributed by atoms with Crippen LogP contribution in [0.3, 0.4) is 0 Å². The highest BCUT2D eigenvalue weighted by molar-refractivity contribution is 5.71. The molecule has 0 aliphatic carbocycles. The van der Waals surface area contributed by atoms with Gasteiger partial charge in [0.05, 0.1) is 0 Å². The molecule has 0 aliphatic heterocycles. The van der Waals surface area contributed by atoms with Crippen molar-refractivity contribution < 1.29 is 28.6 Å². The Morgan fingerprint density at radius 3 is 0.849 bits per heavy atom. The number of esters is 3. The van der Waals surface area contributed by atoms with Gasteiger partial charge in [-0.05, 0) is 83.5 Å². The number of carbonyl (C=O) groups excluding carboxylic acids is 3. The van der Waals surface area contributed by atoms with Crippen LogP contribution in [0.5, 0.6) is 0 Å². The van der Waals surface area contributed by atoms with Crippen LogP contribution >= 0.6 is 0 Å². The third-order valence-corrected chi connectivity index (χ3v) is 14.0. The van der Waals surface area contributed by atoms with Crippen LogP contribution in [0.1, 0.15) is 329 Å². The van der Waals surface area contributed by atoms with Crippen LogP contribution in [0.2, 0.25) is 0 Å². The van der Waals surface area contributed by atoms with E-state index >= 15 is 0 Å². The van der Waals surface area contributed by atoms with Gasteiger partial charge in [-0.2, -0.15) is 0 Å². The zero-order valence-electron chi connectivity index (χ0n) is 48.7. The molecule has 0 rings (SSSR count). The highest BCUT2D eigenvalue weighted by atomic mass is 16.6. The van der Waals surface area contributed by atoms with Gasteiger partial charge in [0.25, 0.3) is 0 Å². The summed E-state index contributed by atoms with van der Waals surface area (Å²) in [5.41, 5.74) is 0. The molecule has 0 aromatic rings. The largest absolute Gasteiger partial charge is 0.462 e. The Labute approximate surface area is 453 Å². The molecule has 6 nitrogen and oxygen atoms in total. The fourth-order valence-corrected chi connectivity index (χ4v) is 9.25. The SMILES string of the molecule is CC/C=C\C/C=C\C/C=C\C/C=C\CCCCCCCCCCCCCCC(=O)OCC(COC(=O)CCCCCCCCCCCCCC)OC(=O)CCCCCCCCC/C=C\CCCCCCCCC. The summed E-state index contributed by atoms with van der Waals surface area (Å²) in [4.78, 5) is 38.3. The molecule has 0 spiro atoms. The Balaban J connectivity index is 4.27. The molecule has 0 amide bonds. The maximum Gasteiger partial charge on any atom is 0.306 e. The number of ether oxygens (including phenoxy) is 3. The molecular weight excluding hydrogens is 901 g/mol. The second-order valence-corrected chi connectivity index (χ2v) is 21.3. The Hall–Kier alpha value is -2.89. The molecule has 0 bridgehead atoms. The van der Waals surface area contributed by atoms with Crippen LogP contribution in [-0.4, -0.2) is 37.2 Å². The lowest BCUT2D eigenvalue weighted by Gasteiger charge is -2.18. The van der Waals surface area contributed by atoms with E-state index in [1.807, 2.05) is 0 Å². The van der Waals surface area contributed by atoms with Gasteiger partial charge in [0.2, 0.25) is 0 Å². The normalized spacial score (nSPS) is 12.4. The van der Waals surface area contributed by atoms with Gasteiger partial charge in [0.15, 0.2) is 6.10 Å². The second kappa shape index (κ2) is 61.7. The number of rotatable bonds is 58. The maximum absolute atomic E-state index is 12.9. The van der Waals surface area contributed by atoms with E-state index in [2.05, 4.69) is 81.5 Å². The third-order valence-electron chi connectivity index (χ3n) is 14.0. The highest BCUT2D eigenvalue weighted by Crippen LogP contribution is 2.17. The molecule has 0 saturated carbocycles. The summed E-state index contributed by atoms with van der Waals surface area (Å²) in [6.45, 7) is 6.56. The lowest BCUT2D eigenvalue weighted by Crippen LogP contribution is -2.30. The van der Waals surface area contributed by atoms with E-state index in [9.17, 15) is 14.4 Å². The summed E-state index contributed by atoms with van der Waals surface area (Å²) in [6, 6.07) is 0. The van der Waals surface area contributed by atoms with Crippen LogP contribution in [0.25, 0.3) is 0 Å². The summed E-state index contributed by atoms with van der Waals surface area (Å²) in [7, 11) is 0. The van der Waals surface area contributed by atoms with Crippen LogP contribution in [0.4, 0.5) is 0 Å². The minimum atomic E-state index is -0.775. The zero-order chi connectivity index (χ0) is 52.9. The van der Waals surface area contributed by atoms with Gasteiger partial charge in [-0.15, -0.1) is 0 Å². The van der Waals surface area contributed by atoms with Crippen molar-refractivity contribution in [1.29, 1.82) is 0 Å². The molecule has 0 N–H and O–H groups in total. The molecule has 0 aliphatic rings. The Kier molecular flexibility index (Phi) is 59.2. The van der Waals surface area contributed by atoms with Gasteiger partial charge in [-0.1, -0.05) is 287 Å². The number of hydrogen-bond acceptors (Lipinski definition) is 6. The minimum Gasteiger partial charge on any atom is -0.462 e. The van der Waals surface area contributed by atoms with Crippen molar-refractivity contribution in [3.05, 3.63) is 60.8 Å². The van der Waals surface area contributed by atoms with Crippen molar-refractivity contribution in [2.75, 3.05) is 13.2 Å². The quantitative estimate of drug-likeness (QED) is 0.0261. The minimum absolute atomic E-state index is 0.0723. The Bertz CT molecular complexity index is 1310. The Morgan fingerprint density at radius 2 is 0.534 bits per heavy atom. The predicted octanol–water partition coefficient (Wildman–Crippen LogP) is 21.6. The average Bonchev–Trinajstić information content (AvgIpc) is 3.39. The summed E-state index contributed by atoms with van der Waals surface area (Å²) in [5.74, 6) is -0.861. The lowest BCUT2D eigenvalue weighted by molar-refractivity contribution is -0.167. The second-order valence-electron chi connectivity index (χ2n) is 21.3. The zero-order valence-corrected chi connectivity index (χ0v) is 48.7. The van der Waals surface area contributed by atoms with Gasteiger partial charge in [0, 0.05) is 19.3 Å². The molecule has 6 heteroatoms. The van der Waals surface area contributed by atoms with Crippen molar-refractivity contribution in [1.82, 2.24) is 0 Å². The van der Waals surface area contributed by atoms with E-state index in [1.165, 1.54) is 205 Å². The topological polar surface area (TPSA) is 78.9 Å². The lowest BCUT2D eigenvalue weighted by atomic mass is 10.0. The summed E-state index contributed by atoms with van der Waals surface area (Å²) in [5, 5.41) is 0. The fraction of sp³-hybridized carbons (Fsp3) is 0.806. The number of unbranched alkanes of at least 4 members (excludes halogenated alkanes) is 37. The number of hydrogen-bond donors (Lipinski definition) is 0. The molecule has 1 atom stereocenters. The van der Waals surface area contributed by atoms with E-state index in [-0.39, 0.29) is 31.1 Å². The van der Waals surface area contributed by atoms with Crippen LogP contribution in [-0.2, 0) is 28.6 Å². The van der Waals surface area contributed by atoms with Crippen molar-refractivity contribution in [2.24, 2.45) is 0 Å². The monoisotopic (exact) mass is 1020 g/mol. The van der Waals surface area contributed by atoms with Crippen LogP contribution in [0, 0.1) is 0 Å². The van der Waals surface area contributed by atoms with Crippen molar-refractivity contribution in [3.8, 4) is 0 Å². The van der Waals surface area contributed by atoms with E-state index < -0.39 is 6.10 Å². The molecule has 0 aromatic carbocycles. The van der Waals surface area contributed by atoms with Gasteiger partial charge in [0.1, 0.15) is 13.2 Å². The summed E-state index contributed by atoms with van der Waals surface area (Å²) in [6.07, 6.45) is 78.0.